The van der Waals surface area contributed by atoms with Crippen molar-refractivity contribution >= 4 is 40.0 Å². The van der Waals surface area contributed by atoms with Gasteiger partial charge in [-0.3, -0.25) is 9.59 Å². The average molecular weight is 474 g/mol. The van der Waals surface area contributed by atoms with E-state index in [0.29, 0.717) is 27.7 Å². The van der Waals surface area contributed by atoms with E-state index in [2.05, 4.69) is 15.2 Å². The number of carbonyl (C=O) groups is 1. The third kappa shape index (κ3) is 5.63. The molecule has 1 amide bonds. The van der Waals surface area contributed by atoms with E-state index in [1.807, 2.05) is 24.3 Å². The van der Waals surface area contributed by atoms with E-state index in [9.17, 15) is 9.59 Å². The van der Waals surface area contributed by atoms with Gasteiger partial charge in [-0.05, 0) is 44.0 Å². The van der Waals surface area contributed by atoms with Crippen LogP contribution in [0.3, 0.4) is 0 Å². The number of nitrogens with zero attached hydrogens (tertiary/aromatic N) is 1. The van der Waals surface area contributed by atoms with Crippen molar-refractivity contribution < 1.29 is 9.53 Å². The molecule has 4 rings (SSSR count). The van der Waals surface area contributed by atoms with Crippen LogP contribution < -0.4 is 15.6 Å². The van der Waals surface area contributed by atoms with Gasteiger partial charge in [0.1, 0.15) is 11.9 Å². The fourth-order valence-electron chi connectivity index (χ4n) is 3.99. The maximum absolute atomic E-state index is 12.6. The van der Waals surface area contributed by atoms with Crippen LogP contribution in [-0.4, -0.2) is 48.1 Å². The molecule has 0 radical (unpaired) electrons. The molecule has 1 aliphatic heterocycles. The summed E-state index contributed by atoms with van der Waals surface area (Å²) in [6.07, 6.45) is 2.87. The van der Waals surface area contributed by atoms with Gasteiger partial charge in [-0.15, -0.1) is 0 Å². The molecule has 0 spiro atoms. The Morgan fingerprint density at radius 3 is 2.66 bits per heavy atom. The molecule has 1 fully saturated rings. The van der Waals surface area contributed by atoms with Crippen LogP contribution in [0.2, 0.25) is 10.0 Å². The minimum absolute atomic E-state index is 0.160. The zero-order valence-electron chi connectivity index (χ0n) is 17.6. The summed E-state index contributed by atoms with van der Waals surface area (Å²) in [7, 11) is 0. The molecule has 8 heteroatoms. The lowest BCUT2D eigenvalue weighted by molar-refractivity contribution is 0.0936. The molecule has 0 unspecified atom stereocenters. The number of halogens is 2. The van der Waals surface area contributed by atoms with Crippen LogP contribution in [0.1, 0.15) is 29.6 Å². The second-order valence-corrected chi connectivity index (χ2v) is 8.75. The number of amides is 1. The van der Waals surface area contributed by atoms with Gasteiger partial charge in [-0.1, -0.05) is 41.4 Å². The predicted octanol–water partition coefficient (Wildman–Crippen LogP) is 4.50. The Morgan fingerprint density at radius 1 is 1.09 bits per heavy atom. The molecule has 3 aromatic rings. The highest BCUT2D eigenvalue weighted by Gasteiger charge is 2.20. The zero-order chi connectivity index (χ0) is 22.5. The largest absolute Gasteiger partial charge is 0.490 e. The molecule has 2 N–H and O–H groups in total. The zero-order valence-corrected chi connectivity index (χ0v) is 19.1. The van der Waals surface area contributed by atoms with Crippen LogP contribution in [0, 0.1) is 0 Å². The predicted molar refractivity (Wildman–Crippen MR) is 128 cm³/mol. The molecule has 0 atom stereocenters. The third-order valence-electron chi connectivity index (χ3n) is 5.66. The number of benzene rings is 2. The first-order valence-corrected chi connectivity index (χ1v) is 11.5. The molecule has 0 aliphatic carbocycles. The minimum atomic E-state index is -0.278. The Hall–Kier alpha value is -2.54. The number of likely N-dealkylation sites (tertiary alicyclic amines) is 1. The molecule has 1 aliphatic rings. The first-order valence-electron chi connectivity index (χ1n) is 10.7. The highest BCUT2D eigenvalue weighted by atomic mass is 35.5. The van der Waals surface area contributed by atoms with Gasteiger partial charge in [0.15, 0.2) is 0 Å². The van der Waals surface area contributed by atoms with Gasteiger partial charge < -0.3 is 19.9 Å². The normalized spacial score (nSPS) is 15.1. The summed E-state index contributed by atoms with van der Waals surface area (Å²) in [4.78, 5) is 29.6. The van der Waals surface area contributed by atoms with Crippen molar-refractivity contribution in [1.82, 2.24) is 15.2 Å². The number of para-hydroxylation sites is 1. The van der Waals surface area contributed by atoms with Gasteiger partial charge in [-0.25, -0.2) is 0 Å². The Morgan fingerprint density at radius 2 is 1.88 bits per heavy atom. The van der Waals surface area contributed by atoms with Crippen molar-refractivity contribution in [2.45, 2.75) is 25.4 Å². The first-order chi connectivity index (χ1) is 15.5. The summed E-state index contributed by atoms with van der Waals surface area (Å²) in [5.74, 6) is 0.522. The van der Waals surface area contributed by atoms with E-state index >= 15 is 0 Å². The summed E-state index contributed by atoms with van der Waals surface area (Å²) in [6, 6.07) is 14.0. The summed E-state index contributed by atoms with van der Waals surface area (Å²) in [6.45, 7) is 3.34. The quantitative estimate of drug-likeness (QED) is 0.495. The Bertz CT molecular complexity index is 1160. The molecule has 0 bridgehead atoms. The number of rotatable bonds is 7. The van der Waals surface area contributed by atoms with Crippen molar-refractivity contribution in [2.24, 2.45) is 0 Å². The molecule has 32 heavy (non-hydrogen) atoms. The fraction of sp³-hybridized carbons (Fsp3) is 0.333. The van der Waals surface area contributed by atoms with Gasteiger partial charge in [0.25, 0.3) is 5.91 Å². The van der Waals surface area contributed by atoms with Crippen LogP contribution in [0.4, 0.5) is 0 Å². The van der Waals surface area contributed by atoms with Crippen LogP contribution in [0.15, 0.2) is 53.3 Å². The Balaban J connectivity index is 1.20. The van der Waals surface area contributed by atoms with Crippen molar-refractivity contribution in [3.8, 4) is 5.75 Å². The Kier molecular flexibility index (Phi) is 7.35. The SMILES string of the molecule is O=C(NCCCN1CCC(Oc2ccc(Cl)c(Cl)c2)CC1)c1cc(=O)[nH]c2ccccc12. The van der Waals surface area contributed by atoms with E-state index < -0.39 is 0 Å². The molecule has 6 nitrogen and oxygen atoms in total. The van der Waals surface area contributed by atoms with Gasteiger partial charge in [0.05, 0.1) is 15.6 Å². The lowest BCUT2D eigenvalue weighted by atomic mass is 10.1. The van der Waals surface area contributed by atoms with Crippen LogP contribution in [-0.2, 0) is 0 Å². The van der Waals surface area contributed by atoms with Gasteiger partial charge in [0.2, 0.25) is 5.56 Å². The molecule has 2 heterocycles. The summed E-state index contributed by atoms with van der Waals surface area (Å²) in [5, 5.41) is 4.71. The number of hydrogen-bond acceptors (Lipinski definition) is 4. The molecule has 0 saturated carbocycles. The summed E-state index contributed by atoms with van der Waals surface area (Å²) in [5.41, 5.74) is 0.792. The van der Waals surface area contributed by atoms with Gasteiger partial charge >= 0.3 is 0 Å². The second-order valence-electron chi connectivity index (χ2n) is 7.94. The second kappa shape index (κ2) is 10.4. The van der Waals surface area contributed by atoms with E-state index in [1.165, 1.54) is 6.07 Å². The Labute approximate surface area is 196 Å². The smallest absolute Gasteiger partial charge is 0.252 e. The third-order valence-corrected chi connectivity index (χ3v) is 6.40. The minimum Gasteiger partial charge on any atom is -0.490 e. The molecular weight excluding hydrogens is 449 g/mol. The fourth-order valence-corrected chi connectivity index (χ4v) is 4.27. The standard InChI is InChI=1S/C24H25Cl2N3O3/c25-20-7-6-17(14-21(20)26)32-16-8-12-29(13-9-16)11-3-10-27-24(31)19-15-23(30)28-22-5-2-1-4-18(19)22/h1-2,4-7,14-16H,3,8-13H2,(H,27,31)(H,28,30). The van der Waals surface area contributed by atoms with Crippen molar-refractivity contribution in [3.63, 3.8) is 0 Å². The maximum Gasteiger partial charge on any atom is 0.252 e. The lowest BCUT2D eigenvalue weighted by Gasteiger charge is -2.32. The molecule has 168 valence electrons. The van der Waals surface area contributed by atoms with Crippen molar-refractivity contribution in [2.75, 3.05) is 26.2 Å². The van der Waals surface area contributed by atoms with Gasteiger partial charge in [-0.2, -0.15) is 0 Å². The number of piperidine rings is 1. The van der Waals surface area contributed by atoms with Crippen LogP contribution >= 0.6 is 23.2 Å². The van der Waals surface area contributed by atoms with E-state index in [4.69, 9.17) is 27.9 Å². The number of hydrogen-bond donors (Lipinski definition) is 2. The van der Waals surface area contributed by atoms with Crippen molar-refractivity contribution in [3.05, 3.63) is 74.5 Å². The number of H-pyrrole nitrogens is 1. The van der Waals surface area contributed by atoms with Crippen LogP contribution in [0.25, 0.3) is 10.9 Å². The molecule has 1 aromatic heterocycles. The van der Waals surface area contributed by atoms with E-state index in [-0.39, 0.29) is 17.6 Å². The summed E-state index contributed by atoms with van der Waals surface area (Å²) >= 11 is 12.0. The topological polar surface area (TPSA) is 74.4 Å². The molecular formula is C24H25Cl2N3O3. The number of pyridine rings is 1. The van der Waals surface area contributed by atoms with Crippen LogP contribution in [0.5, 0.6) is 5.75 Å². The molecule has 1 saturated heterocycles. The number of ether oxygens (including phenoxy) is 1. The monoisotopic (exact) mass is 473 g/mol. The highest BCUT2D eigenvalue weighted by Crippen LogP contribution is 2.28. The van der Waals surface area contributed by atoms with E-state index in [0.717, 1.165) is 50.0 Å². The number of aromatic amines is 1. The number of nitrogens with one attached hydrogen (secondary N) is 2. The lowest BCUT2D eigenvalue weighted by Crippen LogP contribution is -2.39. The van der Waals surface area contributed by atoms with Gasteiger partial charge in [0, 0.05) is 42.7 Å². The average Bonchev–Trinajstić information content (AvgIpc) is 2.79. The van der Waals surface area contributed by atoms with E-state index in [1.54, 1.807) is 18.2 Å². The molecule has 2 aromatic carbocycles. The number of fused-ring (bicyclic) bond motifs is 1. The first kappa shape index (κ1) is 22.6. The maximum atomic E-state index is 12.6. The highest BCUT2D eigenvalue weighted by molar-refractivity contribution is 6.42. The number of aromatic nitrogens is 1. The summed E-state index contributed by atoms with van der Waals surface area (Å²) < 4.78 is 6.04. The van der Waals surface area contributed by atoms with Crippen molar-refractivity contribution in [1.29, 1.82) is 0 Å². The number of carbonyl (C=O) groups excluding carboxylic acids is 1.